The van der Waals surface area contributed by atoms with Crippen molar-refractivity contribution in [3.8, 4) is 23.0 Å². The van der Waals surface area contributed by atoms with E-state index in [0.717, 1.165) is 0 Å². The van der Waals surface area contributed by atoms with Gasteiger partial charge in [0.2, 0.25) is 0 Å². The van der Waals surface area contributed by atoms with Crippen LogP contribution < -0.4 is 24.8 Å². The van der Waals surface area contributed by atoms with E-state index in [0.29, 0.717) is 39.4 Å². The Hall–Kier alpha value is -2.45. The molecule has 0 amide bonds. The number of benzene rings is 2. The Labute approximate surface area is 132 Å². The zero-order valence-corrected chi connectivity index (χ0v) is 12.8. The van der Waals surface area contributed by atoms with Crippen LogP contribution in [0.5, 0.6) is 23.0 Å². The Kier molecular flexibility index (Phi) is 1.94. The van der Waals surface area contributed by atoms with Gasteiger partial charge in [-0.1, -0.05) is 18.2 Å². The second-order valence-electron chi connectivity index (χ2n) is 6.05. The lowest BCUT2D eigenvalue weighted by Gasteiger charge is -2.46. The van der Waals surface area contributed by atoms with Crippen molar-refractivity contribution in [2.45, 2.75) is 11.8 Å². The molecular formula is C18H11O4P. The monoisotopic (exact) mass is 322 g/mol. The molecule has 3 atom stereocenters. The molecule has 0 bridgehead atoms. The number of hydrogen-bond donors (Lipinski definition) is 0. The Morgan fingerprint density at radius 2 is 1.52 bits per heavy atom. The van der Waals surface area contributed by atoms with Crippen LogP contribution in [0.1, 0.15) is 0 Å². The van der Waals surface area contributed by atoms with E-state index in [1.165, 1.54) is 0 Å². The summed E-state index contributed by atoms with van der Waals surface area (Å²) in [6.07, 6.45) is 5.48. The van der Waals surface area contributed by atoms with Crippen molar-refractivity contribution in [2.24, 2.45) is 0 Å². The molecule has 0 N–H and O–H groups in total. The maximum absolute atomic E-state index is 14.4. The highest BCUT2D eigenvalue weighted by Crippen LogP contribution is 2.66. The zero-order chi connectivity index (χ0) is 15.2. The summed E-state index contributed by atoms with van der Waals surface area (Å²) in [5.74, 6) is 3.26. The van der Waals surface area contributed by atoms with Crippen LogP contribution in [0.2, 0.25) is 0 Å². The Morgan fingerprint density at radius 1 is 0.870 bits per heavy atom. The first-order chi connectivity index (χ1) is 11.3. The molecule has 2 aromatic carbocycles. The third kappa shape index (κ3) is 1.24. The van der Waals surface area contributed by atoms with E-state index in [2.05, 4.69) is 0 Å². The van der Waals surface area contributed by atoms with Gasteiger partial charge in [0.25, 0.3) is 0 Å². The summed E-state index contributed by atoms with van der Waals surface area (Å²) in [7, 11) is -2.94. The highest BCUT2D eigenvalue weighted by atomic mass is 31.2. The fourth-order valence-corrected chi connectivity index (χ4v) is 7.64. The second kappa shape index (κ2) is 3.72. The second-order valence-corrected chi connectivity index (χ2v) is 8.82. The molecule has 2 aromatic rings. The summed E-state index contributed by atoms with van der Waals surface area (Å²) < 4.78 is 32.6. The normalized spacial score (nSPS) is 30.3. The van der Waals surface area contributed by atoms with Crippen LogP contribution in [0.25, 0.3) is 0 Å². The molecule has 4 aliphatic rings. The lowest BCUT2D eigenvalue weighted by Crippen LogP contribution is -2.49. The summed E-state index contributed by atoms with van der Waals surface area (Å²) in [6.45, 7) is 0. The minimum Gasteiger partial charge on any atom is -0.484 e. The molecule has 3 heterocycles. The molecule has 0 aromatic heterocycles. The van der Waals surface area contributed by atoms with Crippen LogP contribution in [0.3, 0.4) is 0 Å². The lowest BCUT2D eigenvalue weighted by atomic mass is 10.1. The first-order valence-electron chi connectivity index (χ1n) is 7.54. The molecule has 112 valence electrons. The molecule has 0 spiro atoms. The summed E-state index contributed by atoms with van der Waals surface area (Å²) in [5, 5.41) is 1.40. The van der Waals surface area contributed by atoms with Gasteiger partial charge in [-0.05, 0) is 36.4 Å². The fraction of sp³-hybridized carbons (Fsp3) is 0.111. The number of hydrogen-bond acceptors (Lipinski definition) is 4. The maximum atomic E-state index is 14.4. The summed E-state index contributed by atoms with van der Waals surface area (Å²) in [6, 6.07) is 11.2. The molecule has 3 aliphatic heterocycles. The van der Waals surface area contributed by atoms with Gasteiger partial charge in [-0.3, -0.25) is 0 Å². The molecule has 1 aliphatic carbocycles. The molecule has 3 unspecified atom stereocenters. The van der Waals surface area contributed by atoms with Crippen molar-refractivity contribution in [1.82, 2.24) is 0 Å². The van der Waals surface area contributed by atoms with Gasteiger partial charge in [-0.25, -0.2) is 0 Å². The van der Waals surface area contributed by atoms with Crippen molar-refractivity contribution in [2.75, 3.05) is 0 Å². The van der Waals surface area contributed by atoms with Crippen LogP contribution in [0, 0.1) is 0 Å². The average Bonchev–Trinajstić information content (AvgIpc) is 2.54. The molecule has 5 heteroatoms. The van der Waals surface area contributed by atoms with Crippen LogP contribution in [0.4, 0.5) is 0 Å². The summed E-state index contributed by atoms with van der Waals surface area (Å²) in [5.41, 5.74) is -0.307. The Morgan fingerprint density at radius 3 is 2.30 bits per heavy atom. The van der Waals surface area contributed by atoms with Gasteiger partial charge in [-0.15, -0.1) is 0 Å². The van der Waals surface area contributed by atoms with Gasteiger partial charge in [0.05, 0.1) is 0 Å². The van der Waals surface area contributed by atoms with Gasteiger partial charge >= 0.3 is 0 Å². The molecular weight excluding hydrogens is 311 g/mol. The van der Waals surface area contributed by atoms with Crippen molar-refractivity contribution in [3.63, 3.8) is 0 Å². The van der Waals surface area contributed by atoms with Crippen LogP contribution in [0.15, 0.2) is 60.4 Å². The van der Waals surface area contributed by atoms with Crippen LogP contribution >= 0.6 is 7.14 Å². The van der Waals surface area contributed by atoms with E-state index < -0.39 is 7.14 Å². The fourth-order valence-electron chi connectivity index (χ4n) is 3.99. The van der Waals surface area contributed by atoms with E-state index in [1.54, 1.807) is 0 Å². The topological polar surface area (TPSA) is 44.8 Å². The minimum absolute atomic E-state index is 0.275. The summed E-state index contributed by atoms with van der Waals surface area (Å²) >= 11 is 0. The number of ether oxygens (including phenoxy) is 3. The standard InChI is InChI=1S/C18H11O4P/c19-23-16-10-4-1-5-11(16)21-13-7-3-9-15(18(13)23)22-14-8-2-6-12(20-10)17(14)23/h1-10,16H. The molecule has 23 heavy (non-hydrogen) atoms. The third-order valence-electron chi connectivity index (χ3n) is 4.85. The van der Waals surface area contributed by atoms with Crippen molar-refractivity contribution in [1.29, 1.82) is 0 Å². The zero-order valence-electron chi connectivity index (χ0n) is 11.9. The predicted octanol–water partition coefficient (Wildman–Crippen LogP) is 3.08. The smallest absolute Gasteiger partial charge is 0.172 e. The first kappa shape index (κ1) is 12.0. The molecule has 0 saturated carbocycles. The number of rotatable bonds is 0. The molecule has 0 fully saturated rings. The Bertz CT molecular complexity index is 1000. The quantitative estimate of drug-likeness (QED) is 0.699. The van der Waals surface area contributed by atoms with Crippen LogP contribution in [-0.4, -0.2) is 11.8 Å². The molecule has 0 radical (unpaired) electrons. The van der Waals surface area contributed by atoms with Crippen molar-refractivity contribution in [3.05, 3.63) is 60.4 Å². The number of allylic oxidation sites excluding steroid dienone is 2. The van der Waals surface area contributed by atoms with Crippen LogP contribution in [-0.2, 0) is 4.57 Å². The molecule has 6 rings (SSSR count). The summed E-state index contributed by atoms with van der Waals surface area (Å²) in [4.78, 5) is 0. The Balaban J connectivity index is 1.82. The van der Waals surface area contributed by atoms with Gasteiger partial charge in [0.15, 0.2) is 7.14 Å². The van der Waals surface area contributed by atoms with E-state index in [4.69, 9.17) is 14.2 Å². The predicted molar refractivity (Wildman–Crippen MR) is 85.9 cm³/mol. The van der Waals surface area contributed by atoms with E-state index in [-0.39, 0.29) is 11.8 Å². The van der Waals surface area contributed by atoms with Gasteiger partial charge < -0.3 is 18.8 Å². The SMILES string of the molecule is O=P12c3c4cccc3Oc3cccc(c31)OC1C=CC=C(O4)C12. The largest absolute Gasteiger partial charge is 0.484 e. The third-order valence-corrected chi connectivity index (χ3v) is 8.40. The van der Waals surface area contributed by atoms with E-state index in [1.807, 2.05) is 54.6 Å². The van der Waals surface area contributed by atoms with Crippen molar-refractivity contribution < 1.29 is 18.8 Å². The van der Waals surface area contributed by atoms with Gasteiger partial charge in [0.1, 0.15) is 51.1 Å². The van der Waals surface area contributed by atoms with Gasteiger partial charge in [0, 0.05) is 0 Å². The van der Waals surface area contributed by atoms with E-state index >= 15 is 0 Å². The average molecular weight is 322 g/mol. The highest BCUT2D eigenvalue weighted by molar-refractivity contribution is 7.80. The highest BCUT2D eigenvalue weighted by Gasteiger charge is 2.58. The first-order valence-corrected chi connectivity index (χ1v) is 9.32. The van der Waals surface area contributed by atoms with Crippen molar-refractivity contribution >= 4 is 17.8 Å². The maximum Gasteiger partial charge on any atom is 0.172 e. The molecule has 0 saturated heterocycles. The molecule has 4 nitrogen and oxygen atoms in total. The van der Waals surface area contributed by atoms with E-state index in [9.17, 15) is 4.57 Å². The minimum atomic E-state index is -2.94. The lowest BCUT2D eigenvalue weighted by molar-refractivity contribution is 0.220. The van der Waals surface area contributed by atoms with Gasteiger partial charge in [-0.2, -0.15) is 0 Å².